The van der Waals surface area contributed by atoms with Crippen LogP contribution in [-0.2, 0) is 17.4 Å². The summed E-state index contributed by atoms with van der Waals surface area (Å²) in [5.41, 5.74) is 1.30. The number of furan rings is 1. The summed E-state index contributed by atoms with van der Waals surface area (Å²) in [6, 6.07) is 3.15. The predicted molar refractivity (Wildman–Crippen MR) is 105 cm³/mol. The summed E-state index contributed by atoms with van der Waals surface area (Å²) in [6.07, 6.45) is -2.11. The molecule has 3 aromatic rings. The Morgan fingerprint density at radius 1 is 1.22 bits per heavy atom. The van der Waals surface area contributed by atoms with Crippen LogP contribution in [0.4, 0.5) is 13.2 Å². The number of aryl methyl sites for hydroxylation is 2. The molecule has 1 saturated heterocycles. The van der Waals surface area contributed by atoms with E-state index in [9.17, 15) is 22.8 Å². The van der Waals surface area contributed by atoms with Gasteiger partial charge in [-0.3, -0.25) is 9.59 Å². The number of likely N-dealkylation sites (tertiary alicyclic amines) is 1. The van der Waals surface area contributed by atoms with Crippen molar-refractivity contribution in [2.75, 3.05) is 13.1 Å². The third-order valence-corrected chi connectivity index (χ3v) is 5.52. The number of hydrogen-bond donors (Lipinski definition) is 1. The summed E-state index contributed by atoms with van der Waals surface area (Å²) in [5, 5.41) is 6.44. The van der Waals surface area contributed by atoms with Gasteiger partial charge in [0.25, 0.3) is 17.5 Å². The number of carbonyl (C=O) groups is 2. The molecule has 0 aliphatic carbocycles. The molecule has 0 bridgehead atoms. The van der Waals surface area contributed by atoms with Crippen molar-refractivity contribution in [3.05, 3.63) is 46.9 Å². The van der Waals surface area contributed by atoms with Gasteiger partial charge in [-0.2, -0.15) is 18.2 Å². The fraction of sp³-hybridized carbons (Fsp3) is 0.450. The Hall–Kier alpha value is -3.44. The third kappa shape index (κ3) is 4.30. The van der Waals surface area contributed by atoms with Crippen molar-refractivity contribution in [3.63, 3.8) is 0 Å². The van der Waals surface area contributed by atoms with Crippen molar-refractivity contribution in [3.8, 4) is 0 Å². The number of hydrogen-bond acceptors (Lipinski definition) is 6. The van der Waals surface area contributed by atoms with Crippen molar-refractivity contribution in [1.29, 1.82) is 0 Å². The molecule has 9 nitrogen and oxygen atoms in total. The van der Waals surface area contributed by atoms with Crippen molar-refractivity contribution in [2.24, 2.45) is 0 Å². The van der Waals surface area contributed by atoms with Gasteiger partial charge in [-0.05, 0) is 38.8 Å². The minimum absolute atomic E-state index is 0.0483. The predicted octanol–water partition coefficient (Wildman–Crippen LogP) is 2.32. The first-order valence-corrected chi connectivity index (χ1v) is 10.1. The number of fused-ring (bicyclic) bond motifs is 1. The van der Waals surface area contributed by atoms with Crippen LogP contribution in [0.5, 0.6) is 0 Å². The second-order valence-electron chi connectivity index (χ2n) is 7.69. The summed E-state index contributed by atoms with van der Waals surface area (Å²) in [4.78, 5) is 34.2. The molecule has 0 spiro atoms. The molecule has 1 fully saturated rings. The van der Waals surface area contributed by atoms with Crippen molar-refractivity contribution >= 4 is 17.6 Å². The van der Waals surface area contributed by atoms with E-state index in [4.69, 9.17) is 4.42 Å². The lowest BCUT2D eigenvalue weighted by Crippen LogP contribution is -2.46. The summed E-state index contributed by atoms with van der Waals surface area (Å²) in [5.74, 6) is -1.61. The Morgan fingerprint density at radius 3 is 2.56 bits per heavy atom. The lowest BCUT2D eigenvalue weighted by molar-refractivity contribution is -0.144. The minimum atomic E-state index is -4.68. The Bertz CT molecular complexity index is 1150. The van der Waals surface area contributed by atoms with Gasteiger partial charge in [-0.25, -0.2) is 9.50 Å². The van der Waals surface area contributed by atoms with E-state index < -0.39 is 12.0 Å². The van der Waals surface area contributed by atoms with Gasteiger partial charge in [0.2, 0.25) is 5.91 Å². The molecule has 1 N–H and O–H groups in total. The van der Waals surface area contributed by atoms with Crippen molar-refractivity contribution < 1.29 is 27.2 Å². The Kier molecular flexibility index (Phi) is 5.61. The zero-order valence-electron chi connectivity index (χ0n) is 17.4. The maximum atomic E-state index is 12.9. The number of alkyl halides is 3. The number of aromatic nitrogens is 4. The lowest BCUT2D eigenvalue weighted by atomic mass is 10.0. The molecular weight excluding hydrogens is 429 g/mol. The Balaban J connectivity index is 1.39. The number of rotatable bonds is 4. The van der Waals surface area contributed by atoms with Crippen molar-refractivity contribution in [2.45, 2.75) is 45.3 Å². The summed E-state index contributed by atoms with van der Waals surface area (Å²) < 4.78 is 44.9. The van der Waals surface area contributed by atoms with Crippen LogP contribution in [0.1, 0.15) is 46.2 Å². The first kappa shape index (κ1) is 21.8. The number of nitrogens with zero attached hydrogens (tertiary/aromatic N) is 5. The van der Waals surface area contributed by atoms with Gasteiger partial charge in [0, 0.05) is 36.1 Å². The maximum Gasteiger partial charge on any atom is 0.453 e. The number of carbonyl (C=O) groups excluding carboxylic acids is 2. The van der Waals surface area contributed by atoms with Crippen LogP contribution in [0, 0.1) is 13.8 Å². The zero-order chi connectivity index (χ0) is 23.0. The van der Waals surface area contributed by atoms with Crippen LogP contribution in [0.15, 0.2) is 22.8 Å². The average molecular weight is 450 g/mol. The second-order valence-corrected chi connectivity index (χ2v) is 7.69. The molecule has 1 aliphatic rings. The molecule has 0 aromatic carbocycles. The van der Waals surface area contributed by atoms with Crippen LogP contribution < -0.4 is 5.32 Å². The van der Waals surface area contributed by atoms with Crippen LogP contribution in [-0.4, -0.2) is 55.4 Å². The van der Waals surface area contributed by atoms with E-state index in [1.807, 2.05) is 0 Å². The van der Waals surface area contributed by atoms with Crippen LogP contribution >= 0.6 is 0 Å². The molecule has 4 rings (SSSR count). The molecule has 4 heterocycles. The first-order valence-electron chi connectivity index (χ1n) is 10.1. The van der Waals surface area contributed by atoms with E-state index >= 15 is 0 Å². The molecular formula is C20H21F3N6O3. The molecule has 0 radical (unpaired) electrons. The van der Waals surface area contributed by atoms with Crippen LogP contribution in [0.25, 0.3) is 5.78 Å². The second kappa shape index (κ2) is 8.24. The van der Waals surface area contributed by atoms with E-state index in [1.165, 1.54) is 6.26 Å². The van der Waals surface area contributed by atoms with E-state index in [-0.39, 0.29) is 35.8 Å². The lowest BCUT2D eigenvalue weighted by Gasteiger charge is -2.32. The van der Waals surface area contributed by atoms with Gasteiger partial charge < -0.3 is 14.6 Å². The van der Waals surface area contributed by atoms with Gasteiger partial charge >= 0.3 is 6.18 Å². The normalized spacial score (nSPS) is 15.3. The van der Waals surface area contributed by atoms with Gasteiger partial charge in [-0.15, -0.1) is 5.10 Å². The van der Waals surface area contributed by atoms with Gasteiger partial charge in [0.1, 0.15) is 0 Å². The molecule has 0 unspecified atom stereocenters. The van der Waals surface area contributed by atoms with Gasteiger partial charge in [0.15, 0.2) is 5.76 Å². The molecule has 32 heavy (non-hydrogen) atoms. The van der Waals surface area contributed by atoms with Crippen LogP contribution in [0.2, 0.25) is 0 Å². The minimum Gasteiger partial charge on any atom is -0.459 e. The highest BCUT2D eigenvalue weighted by Crippen LogP contribution is 2.27. The first-order chi connectivity index (χ1) is 15.1. The number of halogens is 3. The van der Waals surface area contributed by atoms with Gasteiger partial charge in [-0.1, -0.05) is 0 Å². The highest BCUT2D eigenvalue weighted by Gasteiger charge is 2.37. The largest absolute Gasteiger partial charge is 0.459 e. The quantitative estimate of drug-likeness (QED) is 0.654. The molecule has 170 valence electrons. The topological polar surface area (TPSA) is 106 Å². The van der Waals surface area contributed by atoms with E-state index in [0.717, 1.165) is 4.52 Å². The summed E-state index contributed by atoms with van der Waals surface area (Å²) in [6.45, 7) is 4.17. The summed E-state index contributed by atoms with van der Waals surface area (Å²) >= 11 is 0. The summed E-state index contributed by atoms with van der Waals surface area (Å²) in [7, 11) is 0. The van der Waals surface area contributed by atoms with E-state index in [0.29, 0.717) is 42.9 Å². The molecule has 2 amide bonds. The monoisotopic (exact) mass is 450 g/mol. The van der Waals surface area contributed by atoms with E-state index in [2.05, 4.69) is 20.4 Å². The fourth-order valence-corrected chi connectivity index (χ4v) is 3.81. The van der Waals surface area contributed by atoms with Gasteiger partial charge in [0.05, 0.1) is 12.7 Å². The number of nitrogens with one attached hydrogen (secondary N) is 1. The average Bonchev–Trinajstić information content (AvgIpc) is 3.41. The fourth-order valence-electron chi connectivity index (χ4n) is 3.81. The molecule has 1 aliphatic heterocycles. The highest BCUT2D eigenvalue weighted by molar-refractivity contribution is 5.91. The van der Waals surface area contributed by atoms with Crippen molar-refractivity contribution in [1.82, 2.24) is 29.8 Å². The van der Waals surface area contributed by atoms with E-state index in [1.54, 1.807) is 30.9 Å². The third-order valence-electron chi connectivity index (χ3n) is 5.52. The maximum absolute atomic E-state index is 12.9. The number of piperidine rings is 1. The molecule has 3 aromatic heterocycles. The highest BCUT2D eigenvalue weighted by atomic mass is 19.4. The molecule has 12 heteroatoms. The molecule has 0 atom stereocenters. The SMILES string of the molecule is Cc1nc2nc(C(F)(F)F)nn2c(C)c1CC(=O)NC1CCN(C(=O)c2ccco2)CC1. The Morgan fingerprint density at radius 2 is 1.94 bits per heavy atom. The number of amides is 2. The Labute approximate surface area is 180 Å². The van der Waals surface area contributed by atoms with Crippen LogP contribution in [0.3, 0.4) is 0 Å². The standard InChI is InChI=1S/C20H21F3N6O3/c1-11-14(12(2)29-19(24-11)26-18(27-29)20(21,22)23)10-16(30)25-13-5-7-28(8-6-13)17(31)15-4-3-9-32-15/h3-4,9,13H,5-8,10H2,1-2H3,(H,25,30). The smallest absolute Gasteiger partial charge is 0.453 e. The zero-order valence-corrected chi connectivity index (χ0v) is 17.4. The molecule has 0 saturated carbocycles.